The van der Waals surface area contributed by atoms with E-state index >= 15 is 0 Å². The molecule has 5 heteroatoms. The Bertz CT molecular complexity index is 696. The molecule has 3 nitrogen and oxygen atoms in total. The van der Waals surface area contributed by atoms with E-state index < -0.39 is 10.0 Å². The van der Waals surface area contributed by atoms with E-state index in [0.717, 1.165) is 5.56 Å². The monoisotopic (exact) mass is 309 g/mol. The molecule has 0 unspecified atom stereocenters. The topological polar surface area (TPSA) is 37.4 Å². The van der Waals surface area contributed by atoms with Crippen molar-refractivity contribution in [1.82, 2.24) is 0 Å². The first-order chi connectivity index (χ1) is 9.46. The molecule has 0 fully saturated rings. The van der Waals surface area contributed by atoms with E-state index in [4.69, 9.17) is 11.6 Å². The number of hydrogen-bond acceptors (Lipinski definition) is 2. The molecule has 0 aliphatic rings. The van der Waals surface area contributed by atoms with Gasteiger partial charge in [0.05, 0.1) is 15.6 Å². The summed E-state index contributed by atoms with van der Waals surface area (Å²) in [5, 5.41) is 0.421. The van der Waals surface area contributed by atoms with Gasteiger partial charge in [-0.3, -0.25) is 4.31 Å². The minimum absolute atomic E-state index is 0.268. The summed E-state index contributed by atoms with van der Waals surface area (Å²) >= 11 is 6.11. The van der Waals surface area contributed by atoms with Crippen LogP contribution in [0.5, 0.6) is 0 Å². The van der Waals surface area contributed by atoms with Crippen molar-refractivity contribution in [2.75, 3.05) is 10.8 Å². The van der Waals surface area contributed by atoms with Crippen LogP contribution in [0, 0.1) is 6.92 Å². The van der Waals surface area contributed by atoms with Crippen molar-refractivity contribution >= 4 is 27.3 Å². The first kappa shape index (κ1) is 14.9. The summed E-state index contributed by atoms with van der Waals surface area (Å²) in [6.07, 6.45) is 0. The summed E-state index contributed by atoms with van der Waals surface area (Å²) in [5.74, 6) is 0. The molecule has 0 spiro atoms. The van der Waals surface area contributed by atoms with Crippen molar-refractivity contribution in [2.24, 2.45) is 0 Å². The molecule has 0 saturated carbocycles. The van der Waals surface area contributed by atoms with Crippen LogP contribution in [-0.4, -0.2) is 15.0 Å². The molecule has 2 aromatic rings. The van der Waals surface area contributed by atoms with Gasteiger partial charge in [0, 0.05) is 6.54 Å². The predicted octanol–water partition coefficient (Wildman–Crippen LogP) is 3.86. The van der Waals surface area contributed by atoms with Gasteiger partial charge in [0.15, 0.2) is 0 Å². The number of para-hydroxylation sites is 1. The van der Waals surface area contributed by atoms with Crippen molar-refractivity contribution < 1.29 is 8.42 Å². The minimum atomic E-state index is -3.59. The predicted molar refractivity (Wildman–Crippen MR) is 82.8 cm³/mol. The second-order valence-corrected chi connectivity index (χ2v) is 6.70. The van der Waals surface area contributed by atoms with Crippen LogP contribution in [0.2, 0.25) is 5.02 Å². The van der Waals surface area contributed by atoms with Crippen LogP contribution >= 0.6 is 11.6 Å². The van der Waals surface area contributed by atoms with Crippen molar-refractivity contribution in [1.29, 1.82) is 0 Å². The van der Waals surface area contributed by atoms with Gasteiger partial charge in [-0.05, 0) is 38.1 Å². The van der Waals surface area contributed by atoms with Gasteiger partial charge in [-0.2, -0.15) is 0 Å². The zero-order valence-corrected chi connectivity index (χ0v) is 12.9. The number of hydrogen-bond donors (Lipinski definition) is 0. The number of nitrogens with zero attached hydrogens (tertiary/aromatic N) is 1. The van der Waals surface area contributed by atoms with Crippen LogP contribution in [0.3, 0.4) is 0 Å². The number of aryl methyl sites for hydroxylation is 1. The normalized spacial score (nSPS) is 11.3. The van der Waals surface area contributed by atoms with E-state index in [0.29, 0.717) is 17.3 Å². The molecule has 20 heavy (non-hydrogen) atoms. The highest BCUT2D eigenvalue weighted by Gasteiger charge is 2.24. The highest BCUT2D eigenvalue weighted by atomic mass is 35.5. The first-order valence-electron chi connectivity index (χ1n) is 6.30. The lowest BCUT2D eigenvalue weighted by Gasteiger charge is -2.23. The Kier molecular flexibility index (Phi) is 4.35. The Morgan fingerprint density at radius 2 is 1.65 bits per heavy atom. The van der Waals surface area contributed by atoms with E-state index in [1.807, 2.05) is 6.92 Å². The average molecular weight is 310 g/mol. The molecule has 0 aliphatic carbocycles. The van der Waals surface area contributed by atoms with Crippen LogP contribution in [0.4, 0.5) is 5.69 Å². The molecule has 0 amide bonds. The van der Waals surface area contributed by atoms with Crippen molar-refractivity contribution in [3.8, 4) is 0 Å². The molecule has 0 aliphatic heterocycles. The van der Waals surface area contributed by atoms with Gasteiger partial charge in [-0.1, -0.05) is 41.4 Å². The number of anilines is 1. The number of benzene rings is 2. The van der Waals surface area contributed by atoms with Crippen LogP contribution in [0.25, 0.3) is 0 Å². The summed E-state index contributed by atoms with van der Waals surface area (Å²) in [6.45, 7) is 4.02. The molecular formula is C15H16ClNO2S. The minimum Gasteiger partial charge on any atom is -0.265 e. The molecule has 0 bridgehead atoms. The van der Waals surface area contributed by atoms with Gasteiger partial charge in [0.25, 0.3) is 10.0 Å². The molecule has 2 aromatic carbocycles. The van der Waals surface area contributed by atoms with Gasteiger partial charge in [-0.25, -0.2) is 8.42 Å². The highest BCUT2D eigenvalue weighted by molar-refractivity contribution is 7.92. The van der Waals surface area contributed by atoms with Crippen molar-refractivity contribution in [3.05, 3.63) is 59.1 Å². The number of halogens is 1. The molecule has 0 radical (unpaired) electrons. The third kappa shape index (κ3) is 2.81. The van der Waals surface area contributed by atoms with Gasteiger partial charge < -0.3 is 0 Å². The maximum Gasteiger partial charge on any atom is 0.264 e. The fourth-order valence-electron chi connectivity index (χ4n) is 1.96. The number of rotatable bonds is 4. The summed E-state index contributed by atoms with van der Waals surface area (Å²) in [6, 6.07) is 13.7. The Labute approximate surface area is 124 Å². The van der Waals surface area contributed by atoms with Crippen molar-refractivity contribution in [3.63, 3.8) is 0 Å². The van der Waals surface area contributed by atoms with Gasteiger partial charge in [0.1, 0.15) is 0 Å². The number of sulfonamides is 1. The molecule has 0 saturated heterocycles. The maximum absolute atomic E-state index is 12.7. The zero-order valence-electron chi connectivity index (χ0n) is 11.4. The van der Waals surface area contributed by atoms with Crippen LogP contribution in [0.1, 0.15) is 12.5 Å². The van der Waals surface area contributed by atoms with Crippen molar-refractivity contribution in [2.45, 2.75) is 18.7 Å². The van der Waals surface area contributed by atoms with E-state index in [9.17, 15) is 8.42 Å². The zero-order chi connectivity index (χ0) is 14.8. The lowest BCUT2D eigenvalue weighted by Crippen LogP contribution is -2.31. The third-order valence-electron chi connectivity index (χ3n) is 3.02. The molecule has 0 N–H and O–H groups in total. The molecule has 0 atom stereocenters. The lowest BCUT2D eigenvalue weighted by molar-refractivity contribution is 0.592. The van der Waals surface area contributed by atoms with E-state index in [-0.39, 0.29) is 4.90 Å². The second-order valence-electron chi connectivity index (χ2n) is 4.43. The molecule has 106 valence electrons. The van der Waals surface area contributed by atoms with Crippen LogP contribution < -0.4 is 4.31 Å². The summed E-state index contributed by atoms with van der Waals surface area (Å²) in [5.41, 5.74) is 1.52. The second kappa shape index (κ2) is 5.85. The Morgan fingerprint density at radius 1 is 1.05 bits per heavy atom. The lowest BCUT2D eigenvalue weighted by atomic mass is 10.2. The fourth-order valence-corrected chi connectivity index (χ4v) is 3.74. The van der Waals surface area contributed by atoms with Crippen LogP contribution in [-0.2, 0) is 10.0 Å². The van der Waals surface area contributed by atoms with E-state index in [2.05, 4.69) is 0 Å². The Balaban J connectivity index is 2.51. The molecular weight excluding hydrogens is 294 g/mol. The smallest absolute Gasteiger partial charge is 0.264 e. The average Bonchev–Trinajstić information content (AvgIpc) is 2.42. The fraction of sp³-hybridized carbons (Fsp3) is 0.200. The van der Waals surface area contributed by atoms with Crippen LogP contribution in [0.15, 0.2) is 53.4 Å². The first-order valence-corrected chi connectivity index (χ1v) is 8.12. The summed E-state index contributed by atoms with van der Waals surface area (Å²) in [7, 11) is -3.59. The quantitative estimate of drug-likeness (QED) is 0.860. The third-order valence-corrected chi connectivity index (χ3v) is 5.24. The SMILES string of the molecule is CCN(c1ccccc1Cl)S(=O)(=O)c1ccc(C)cc1. The van der Waals surface area contributed by atoms with E-state index in [1.165, 1.54) is 4.31 Å². The van der Waals surface area contributed by atoms with E-state index in [1.54, 1.807) is 55.5 Å². The molecule has 0 heterocycles. The Morgan fingerprint density at radius 3 is 2.20 bits per heavy atom. The maximum atomic E-state index is 12.7. The van der Waals surface area contributed by atoms with Gasteiger partial charge in [0.2, 0.25) is 0 Å². The Hall–Kier alpha value is -1.52. The van der Waals surface area contributed by atoms with Gasteiger partial charge in [-0.15, -0.1) is 0 Å². The van der Waals surface area contributed by atoms with Gasteiger partial charge >= 0.3 is 0 Å². The standard InChI is InChI=1S/C15H16ClNO2S/c1-3-17(15-7-5-4-6-14(15)16)20(18,19)13-10-8-12(2)9-11-13/h4-11H,3H2,1-2H3. The largest absolute Gasteiger partial charge is 0.265 e. The summed E-state index contributed by atoms with van der Waals surface area (Å²) < 4.78 is 26.7. The molecule has 2 rings (SSSR count). The summed E-state index contributed by atoms with van der Waals surface area (Å²) in [4.78, 5) is 0.268. The molecule has 0 aromatic heterocycles. The highest BCUT2D eigenvalue weighted by Crippen LogP contribution is 2.30.